The molecule has 0 bridgehead atoms. The molecule has 4 aromatic carbocycles. The first-order valence-corrected chi connectivity index (χ1v) is 8.09. The quantitative estimate of drug-likeness (QED) is 0.332. The predicted octanol–water partition coefficient (Wildman–Crippen LogP) is 0.248. The van der Waals surface area contributed by atoms with Crippen LogP contribution >= 0.6 is 0 Å². The van der Waals surface area contributed by atoms with Crippen LogP contribution in [0.15, 0.2) is 72.8 Å². The van der Waals surface area contributed by atoms with Crippen LogP contribution in [0.3, 0.4) is 0 Å². The SMILES string of the molecule is CCc1cc2ccccc2[cH-]1.CCc1cc2ccccc2[cH-]1.[Cl-].[Cl-].[Ti+4]. The molecule has 0 atom stereocenters. The number of rotatable bonds is 2. The molecule has 128 valence electrons. The van der Waals surface area contributed by atoms with Gasteiger partial charge in [0.25, 0.3) is 0 Å². The van der Waals surface area contributed by atoms with E-state index in [4.69, 9.17) is 0 Å². The number of hydrogen-bond acceptors (Lipinski definition) is 0. The van der Waals surface area contributed by atoms with Crippen LogP contribution in [0.4, 0.5) is 0 Å². The first-order valence-electron chi connectivity index (χ1n) is 8.09. The molecule has 0 radical (unpaired) electrons. The van der Waals surface area contributed by atoms with Crippen molar-refractivity contribution in [2.75, 3.05) is 0 Å². The summed E-state index contributed by atoms with van der Waals surface area (Å²) in [5.74, 6) is 0. The van der Waals surface area contributed by atoms with Crippen LogP contribution in [-0.2, 0) is 34.6 Å². The minimum absolute atomic E-state index is 0. The average Bonchev–Trinajstić information content (AvgIpc) is 3.18. The number of fused-ring (bicyclic) bond motifs is 2. The van der Waals surface area contributed by atoms with Crippen molar-refractivity contribution < 1.29 is 46.5 Å². The van der Waals surface area contributed by atoms with Crippen LogP contribution in [0.2, 0.25) is 0 Å². The molecule has 0 aliphatic heterocycles. The predicted molar refractivity (Wildman–Crippen MR) is 97.8 cm³/mol. The average molecular weight is 405 g/mol. The summed E-state index contributed by atoms with van der Waals surface area (Å²) >= 11 is 0. The zero-order chi connectivity index (χ0) is 15.4. The molecule has 0 aliphatic rings. The Bertz CT molecular complexity index is 734. The van der Waals surface area contributed by atoms with E-state index in [9.17, 15) is 0 Å². The van der Waals surface area contributed by atoms with Crippen LogP contribution in [0.1, 0.15) is 25.0 Å². The third-order valence-corrected chi connectivity index (χ3v) is 4.17. The molecule has 0 aromatic heterocycles. The normalized spacial score (nSPS) is 9.36. The van der Waals surface area contributed by atoms with Crippen molar-refractivity contribution in [2.45, 2.75) is 26.7 Å². The molecule has 0 unspecified atom stereocenters. The standard InChI is InChI=1S/2C11H11.2ClH.Ti/c2*1-2-9-7-10-5-3-4-6-11(10)8-9;;;/h2*3-8H,2H2,1H3;2*1H;/q2*-1;;;+4/p-2. The number of halogens is 2. The Kier molecular flexibility index (Phi) is 11.1. The van der Waals surface area contributed by atoms with Crippen LogP contribution in [0.5, 0.6) is 0 Å². The van der Waals surface area contributed by atoms with E-state index in [1.165, 1.54) is 32.7 Å². The van der Waals surface area contributed by atoms with E-state index in [-0.39, 0.29) is 46.5 Å². The van der Waals surface area contributed by atoms with Crippen molar-refractivity contribution in [3.8, 4) is 0 Å². The first kappa shape index (κ1) is 24.0. The molecule has 0 spiro atoms. The zero-order valence-electron chi connectivity index (χ0n) is 14.6. The van der Waals surface area contributed by atoms with Gasteiger partial charge >= 0.3 is 21.7 Å². The van der Waals surface area contributed by atoms with E-state index in [1.807, 2.05) is 0 Å². The van der Waals surface area contributed by atoms with Crippen molar-refractivity contribution in [3.63, 3.8) is 0 Å². The molecule has 0 nitrogen and oxygen atoms in total. The van der Waals surface area contributed by atoms with Gasteiger partial charge in [0.2, 0.25) is 0 Å². The summed E-state index contributed by atoms with van der Waals surface area (Å²) in [6.07, 6.45) is 2.27. The molecule has 0 amide bonds. The molecular weight excluding hydrogens is 383 g/mol. The van der Waals surface area contributed by atoms with E-state index in [0.29, 0.717) is 0 Å². The van der Waals surface area contributed by atoms with Gasteiger partial charge < -0.3 is 24.8 Å². The van der Waals surface area contributed by atoms with Crippen molar-refractivity contribution in [1.29, 1.82) is 0 Å². The third kappa shape index (κ3) is 6.01. The van der Waals surface area contributed by atoms with Gasteiger partial charge in [-0.15, -0.1) is 81.2 Å². The Morgan fingerprint density at radius 3 is 1.32 bits per heavy atom. The Labute approximate surface area is 178 Å². The molecule has 25 heavy (non-hydrogen) atoms. The minimum atomic E-state index is 0. The van der Waals surface area contributed by atoms with Gasteiger partial charge in [-0.25, -0.2) is 0 Å². The molecule has 0 saturated carbocycles. The Hall–Kier alpha value is -1.05. The number of benzene rings is 2. The van der Waals surface area contributed by atoms with E-state index in [1.54, 1.807) is 0 Å². The fourth-order valence-corrected chi connectivity index (χ4v) is 2.84. The summed E-state index contributed by atoms with van der Waals surface area (Å²) in [5, 5.41) is 5.46. The maximum atomic E-state index is 2.26. The van der Waals surface area contributed by atoms with Gasteiger partial charge in [-0.1, -0.05) is 26.0 Å². The molecule has 0 heterocycles. The monoisotopic (exact) mass is 404 g/mol. The van der Waals surface area contributed by atoms with Crippen LogP contribution < -0.4 is 24.8 Å². The van der Waals surface area contributed by atoms with Gasteiger partial charge in [0.05, 0.1) is 0 Å². The van der Waals surface area contributed by atoms with Crippen LogP contribution in [0.25, 0.3) is 21.5 Å². The molecule has 0 N–H and O–H groups in total. The van der Waals surface area contributed by atoms with Crippen molar-refractivity contribution in [3.05, 3.63) is 83.9 Å². The molecule has 3 heteroatoms. The summed E-state index contributed by atoms with van der Waals surface area (Å²) < 4.78 is 0. The van der Waals surface area contributed by atoms with Gasteiger partial charge in [-0.3, -0.25) is 0 Å². The van der Waals surface area contributed by atoms with Crippen LogP contribution in [-0.4, -0.2) is 0 Å². The fraction of sp³-hybridized carbons (Fsp3) is 0.182. The molecular formula is C22H22Cl2Ti. The van der Waals surface area contributed by atoms with Gasteiger partial charge in [-0.2, -0.15) is 12.1 Å². The van der Waals surface area contributed by atoms with Gasteiger partial charge in [-0.05, 0) is 12.8 Å². The molecule has 0 aliphatic carbocycles. The Morgan fingerprint density at radius 2 is 1.00 bits per heavy atom. The molecule has 0 saturated heterocycles. The minimum Gasteiger partial charge on any atom is -1.00 e. The van der Waals surface area contributed by atoms with Crippen molar-refractivity contribution >= 4 is 21.5 Å². The van der Waals surface area contributed by atoms with E-state index >= 15 is 0 Å². The zero-order valence-corrected chi connectivity index (χ0v) is 17.7. The van der Waals surface area contributed by atoms with E-state index < -0.39 is 0 Å². The first-order chi connectivity index (χ1) is 10.8. The summed E-state index contributed by atoms with van der Waals surface area (Å²) in [7, 11) is 0. The Morgan fingerprint density at radius 1 is 0.640 bits per heavy atom. The molecule has 4 rings (SSSR count). The Balaban J connectivity index is 0.000000411. The largest absolute Gasteiger partial charge is 4.00 e. The second-order valence-corrected chi connectivity index (χ2v) is 5.69. The van der Waals surface area contributed by atoms with Gasteiger partial charge in [0, 0.05) is 0 Å². The fourth-order valence-electron chi connectivity index (χ4n) is 2.84. The van der Waals surface area contributed by atoms with Crippen molar-refractivity contribution in [2.24, 2.45) is 0 Å². The van der Waals surface area contributed by atoms with E-state index in [0.717, 1.165) is 12.8 Å². The number of hydrogen-bond donors (Lipinski definition) is 0. The summed E-state index contributed by atoms with van der Waals surface area (Å²) in [6, 6.07) is 26.0. The van der Waals surface area contributed by atoms with Gasteiger partial charge in [0.1, 0.15) is 0 Å². The van der Waals surface area contributed by atoms with E-state index in [2.05, 4.69) is 86.6 Å². The summed E-state index contributed by atoms with van der Waals surface area (Å²) in [4.78, 5) is 0. The maximum absolute atomic E-state index is 2.26. The van der Waals surface area contributed by atoms with Crippen LogP contribution in [0, 0.1) is 0 Å². The second-order valence-electron chi connectivity index (χ2n) is 5.69. The molecule has 4 aromatic rings. The van der Waals surface area contributed by atoms with Gasteiger partial charge in [0.15, 0.2) is 0 Å². The topological polar surface area (TPSA) is 0 Å². The third-order valence-electron chi connectivity index (χ3n) is 4.17. The van der Waals surface area contributed by atoms with Crippen molar-refractivity contribution in [1.82, 2.24) is 0 Å². The molecule has 0 fully saturated rings. The summed E-state index contributed by atoms with van der Waals surface area (Å²) in [6.45, 7) is 4.38. The maximum Gasteiger partial charge on any atom is 4.00 e. The smallest absolute Gasteiger partial charge is 1.00 e. The number of aryl methyl sites for hydroxylation is 2. The second kappa shape index (κ2) is 11.5. The summed E-state index contributed by atoms with van der Waals surface area (Å²) in [5.41, 5.74) is 2.87.